The lowest BCUT2D eigenvalue weighted by atomic mass is 9.86. The van der Waals surface area contributed by atoms with E-state index in [9.17, 15) is 9.59 Å². The first-order chi connectivity index (χ1) is 8.80. The summed E-state index contributed by atoms with van der Waals surface area (Å²) >= 11 is 0. The highest BCUT2D eigenvalue weighted by atomic mass is 16.6. The first-order valence-corrected chi connectivity index (χ1v) is 5.97. The maximum absolute atomic E-state index is 11.3. The molecule has 1 aromatic rings. The van der Waals surface area contributed by atoms with Gasteiger partial charge in [0.05, 0.1) is 0 Å². The highest BCUT2D eigenvalue weighted by Gasteiger charge is 2.19. The van der Waals surface area contributed by atoms with E-state index in [-0.39, 0.29) is 12.0 Å². The number of rotatable bonds is 5. The zero-order chi connectivity index (χ0) is 14.5. The van der Waals surface area contributed by atoms with Crippen LogP contribution in [0.25, 0.3) is 0 Å². The lowest BCUT2D eigenvalue weighted by molar-refractivity contribution is -0.149. The molecule has 0 fully saturated rings. The Balaban J connectivity index is 2.63. The van der Waals surface area contributed by atoms with Gasteiger partial charge in [0, 0.05) is 0 Å². The Morgan fingerprint density at radius 3 is 2.37 bits per heavy atom. The summed E-state index contributed by atoms with van der Waals surface area (Å²) < 4.78 is 10.0. The fourth-order valence-electron chi connectivity index (χ4n) is 1.54. The largest absolute Gasteiger partial charge is 0.482 e. The van der Waals surface area contributed by atoms with Gasteiger partial charge in [0.25, 0.3) is 5.91 Å². The van der Waals surface area contributed by atoms with E-state index in [1.165, 1.54) is 0 Å². The highest BCUT2D eigenvalue weighted by molar-refractivity contribution is 5.79. The van der Waals surface area contributed by atoms with Gasteiger partial charge in [-0.1, -0.05) is 39.0 Å². The molecule has 0 aliphatic carbocycles. The van der Waals surface area contributed by atoms with E-state index in [0.29, 0.717) is 5.75 Å². The number of primary amides is 1. The number of carbonyl (C=O) groups excluding carboxylic acids is 2. The normalized spacial score (nSPS) is 10.9. The summed E-state index contributed by atoms with van der Waals surface area (Å²) in [4.78, 5) is 21.8. The van der Waals surface area contributed by atoms with E-state index in [4.69, 9.17) is 10.5 Å². The predicted octanol–water partition coefficient (Wildman–Crippen LogP) is 1.39. The Morgan fingerprint density at radius 1 is 1.16 bits per heavy atom. The summed E-state index contributed by atoms with van der Waals surface area (Å²) in [6, 6.07) is 7.49. The van der Waals surface area contributed by atoms with Crippen LogP contribution in [0.5, 0.6) is 5.75 Å². The van der Waals surface area contributed by atoms with Crippen molar-refractivity contribution < 1.29 is 19.1 Å². The number of nitrogens with two attached hydrogens (primary N) is 1. The summed E-state index contributed by atoms with van der Waals surface area (Å²) in [6.07, 6.45) is 0. The minimum absolute atomic E-state index is 0.0896. The van der Waals surface area contributed by atoms with Crippen molar-refractivity contribution in [3.8, 4) is 5.75 Å². The van der Waals surface area contributed by atoms with Gasteiger partial charge in [-0.3, -0.25) is 4.79 Å². The fourth-order valence-corrected chi connectivity index (χ4v) is 1.54. The SMILES string of the molecule is CC(C)(C)c1ccccc1OCC(=O)OCC(N)=O. The van der Waals surface area contributed by atoms with Gasteiger partial charge in [0.15, 0.2) is 13.2 Å². The van der Waals surface area contributed by atoms with Crippen molar-refractivity contribution in [3.05, 3.63) is 29.8 Å². The molecule has 2 N–H and O–H groups in total. The molecule has 5 nitrogen and oxygen atoms in total. The number of hydrogen-bond acceptors (Lipinski definition) is 4. The molecule has 1 rings (SSSR count). The van der Waals surface area contributed by atoms with Crippen molar-refractivity contribution in [1.29, 1.82) is 0 Å². The molecule has 5 heteroatoms. The van der Waals surface area contributed by atoms with Crippen LogP contribution < -0.4 is 10.5 Å². The Morgan fingerprint density at radius 2 is 1.79 bits per heavy atom. The van der Waals surface area contributed by atoms with Crippen LogP contribution >= 0.6 is 0 Å². The van der Waals surface area contributed by atoms with Crippen molar-refractivity contribution in [1.82, 2.24) is 0 Å². The Hall–Kier alpha value is -2.04. The molecule has 0 saturated heterocycles. The summed E-state index contributed by atoms with van der Waals surface area (Å²) in [7, 11) is 0. The summed E-state index contributed by atoms with van der Waals surface area (Å²) in [6.45, 7) is 5.49. The van der Waals surface area contributed by atoms with Crippen molar-refractivity contribution in [3.63, 3.8) is 0 Å². The highest BCUT2D eigenvalue weighted by Crippen LogP contribution is 2.30. The van der Waals surface area contributed by atoms with Gasteiger partial charge in [-0.2, -0.15) is 0 Å². The minimum atomic E-state index is -0.691. The van der Waals surface area contributed by atoms with Crippen LogP contribution in [-0.2, 0) is 19.7 Å². The fraction of sp³-hybridized carbons (Fsp3) is 0.429. The number of para-hydroxylation sites is 1. The van der Waals surface area contributed by atoms with Crippen LogP contribution in [0, 0.1) is 0 Å². The molecule has 0 aliphatic rings. The molecule has 0 spiro atoms. The van der Waals surface area contributed by atoms with E-state index in [1.54, 1.807) is 6.07 Å². The zero-order valence-electron chi connectivity index (χ0n) is 11.4. The molecule has 0 radical (unpaired) electrons. The lowest BCUT2D eigenvalue weighted by Crippen LogP contribution is -2.24. The Kier molecular flexibility index (Phi) is 4.92. The van der Waals surface area contributed by atoms with Gasteiger partial charge < -0.3 is 15.2 Å². The van der Waals surface area contributed by atoms with Gasteiger partial charge in [-0.05, 0) is 17.0 Å². The van der Waals surface area contributed by atoms with E-state index >= 15 is 0 Å². The molecule has 0 bridgehead atoms. The molecule has 1 amide bonds. The molecule has 1 aromatic carbocycles. The first-order valence-electron chi connectivity index (χ1n) is 5.97. The number of carbonyl (C=O) groups is 2. The zero-order valence-corrected chi connectivity index (χ0v) is 11.4. The lowest BCUT2D eigenvalue weighted by Gasteiger charge is -2.22. The molecule has 0 atom stereocenters. The topological polar surface area (TPSA) is 78.6 Å². The van der Waals surface area contributed by atoms with Gasteiger partial charge in [-0.25, -0.2) is 4.79 Å². The monoisotopic (exact) mass is 265 g/mol. The minimum Gasteiger partial charge on any atom is -0.482 e. The molecule has 19 heavy (non-hydrogen) atoms. The van der Waals surface area contributed by atoms with Crippen molar-refractivity contribution in [2.45, 2.75) is 26.2 Å². The second-order valence-electron chi connectivity index (χ2n) is 5.16. The Labute approximate surface area is 112 Å². The second kappa shape index (κ2) is 6.22. The maximum Gasteiger partial charge on any atom is 0.344 e. The van der Waals surface area contributed by atoms with Gasteiger partial charge in [-0.15, -0.1) is 0 Å². The van der Waals surface area contributed by atoms with Crippen LogP contribution in [0.15, 0.2) is 24.3 Å². The molecular weight excluding hydrogens is 246 g/mol. The van der Waals surface area contributed by atoms with Crippen LogP contribution in [-0.4, -0.2) is 25.1 Å². The Bertz CT molecular complexity index is 463. The number of hydrogen-bond donors (Lipinski definition) is 1. The molecule has 0 aromatic heterocycles. The third-order valence-corrected chi connectivity index (χ3v) is 2.42. The summed E-state index contributed by atoms with van der Waals surface area (Å²) in [5, 5.41) is 0. The first kappa shape index (κ1) is 15.0. The molecule has 0 saturated carbocycles. The van der Waals surface area contributed by atoms with E-state index in [2.05, 4.69) is 25.5 Å². The quantitative estimate of drug-likeness (QED) is 0.816. The van der Waals surface area contributed by atoms with E-state index in [0.717, 1.165) is 5.56 Å². The molecule has 0 aliphatic heterocycles. The standard InChI is InChI=1S/C14H19NO4/c1-14(2,3)10-6-4-5-7-11(10)18-9-13(17)19-8-12(15)16/h4-7H,8-9H2,1-3H3,(H2,15,16). The van der Waals surface area contributed by atoms with Gasteiger partial charge in [0.2, 0.25) is 0 Å². The molecular formula is C14H19NO4. The van der Waals surface area contributed by atoms with Crippen LogP contribution in [0.4, 0.5) is 0 Å². The summed E-state index contributed by atoms with van der Waals surface area (Å²) in [5.74, 6) is -0.683. The third-order valence-electron chi connectivity index (χ3n) is 2.42. The van der Waals surface area contributed by atoms with Crippen LogP contribution in [0.1, 0.15) is 26.3 Å². The second-order valence-corrected chi connectivity index (χ2v) is 5.16. The number of amides is 1. The average Bonchev–Trinajstić information content (AvgIpc) is 2.33. The van der Waals surface area contributed by atoms with E-state index < -0.39 is 18.5 Å². The van der Waals surface area contributed by atoms with Crippen molar-refractivity contribution in [2.75, 3.05) is 13.2 Å². The van der Waals surface area contributed by atoms with E-state index in [1.807, 2.05) is 18.2 Å². The van der Waals surface area contributed by atoms with Crippen LogP contribution in [0.2, 0.25) is 0 Å². The maximum atomic E-state index is 11.3. The molecule has 0 unspecified atom stereocenters. The van der Waals surface area contributed by atoms with Crippen molar-refractivity contribution in [2.24, 2.45) is 5.73 Å². The van der Waals surface area contributed by atoms with Gasteiger partial charge >= 0.3 is 5.97 Å². The number of esters is 1. The van der Waals surface area contributed by atoms with Gasteiger partial charge in [0.1, 0.15) is 5.75 Å². The van der Waals surface area contributed by atoms with Crippen molar-refractivity contribution >= 4 is 11.9 Å². The predicted molar refractivity (Wildman–Crippen MR) is 70.8 cm³/mol. The smallest absolute Gasteiger partial charge is 0.344 e. The average molecular weight is 265 g/mol. The summed E-state index contributed by atoms with van der Waals surface area (Å²) in [5.41, 5.74) is 5.78. The number of benzene rings is 1. The number of ether oxygens (including phenoxy) is 2. The molecule has 104 valence electrons. The molecule has 0 heterocycles. The van der Waals surface area contributed by atoms with Crippen LogP contribution in [0.3, 0.4) is 0 Å². The third kappa shape index (κ3) is 4.99.